The lowest BCUT2D eigenvalue weighted by atomic mass is 9.93. The van der Waals surface area contributed by atoms with E-state index in [0.29, 0.717) is 18.3 Å². The van der Waals surface area contributed by atoms with Gasteiger partial charge in [-0.15, -0.1) is 0 Å². The molecule has 0 spiro atoms. The zero-order valence-corrected chi connectivity index (χ0v) is 19.8. The number of carbonyl (C=O) groups is 1. The van der Waals surface area contributed by atoms with Gasteiger partial charge in [-0.2, -0.15) is 0 Å². The van der Waals surface area contributed by atoms with Gasteiger partial charge in [0.15, 0.2) is 0 Å². The molecule has 0 radical (unpaired) electrons. The van der Waals surface area contributed by atoms with Crippen molar-refractivity contribution in [2.75, 3.05) is 19.3 Å². The summed E-state index contributed by atoms with van der Waals surface area (Å²) in [7, 11) is 2.06. The van der Waals surface area contributed by atoms with Gasteiger partial charge in [0.25, 0.3) is 0 Å². The van der Waals surface area contributed by atoms with E-state index in [9.17, 15) is 4.79 Å². The second-order valence-corrected chi connectivity index (χ2v) is 9.16. The van der Waals surface area contributed by atoms with E-state index in [-0.39, 0.29) is 11.9 Å². The average molecular weight is 447 g/mol. The van der Waals surface area contributed by atoms with E-state index in [1.807, 2.05) is 31.5 Å². The Morgan fingerprint density at radius 1 is 1.15 bits per heavy atom. The molecule has 33 heavy (non-hydrogen) atoms. The lowest BCUT2D eigenvalue weighted by molar-refractivity contribution is -0.128. The molecule has 3 N–H and O–H groups in total. The number of unbranched alkanes of at least 4 members (excludes halogenated alkanes) is 1. The second-order valence-electron chi connectivity index (χ2n) is 9.16. The molecule has 7 heteroatoms. The number of hydrogen-bond donors (Lipinski definition) is 2. The smallest absolute Gasteiger partial charge is 0.237 e. The third-order valence-electron chi connectivity index (χ3n) is 6.83. The minimum atomic E-state index is -0.00555. The van der Waals surface area contributed by atoms with Crippen molar-refractivity contribution in [3.8, 4) is 11.1 Å². The minimum absolute atomic E-state index is 0.00555. The lowest BCUT2D eigenvalue weighted by Gasteiger charge is -2.36. The second kappa shape index (κ2) is 10.3. The maximum atomic E-state index is 12.7. The normalized spacial score (nSPS) is 19.0. The Morgan fingerprint density at radius 2 is 1.94 bits per heavy atom. The Morgan fingerprint density at radius 3 is 2.73 bits per heavy atom. The summed E-state index contributed by atoms with van der Waals surface area (Å²) in [5.74, 6) is 0.907. The number of carbonyl (C=O) groups excluding carboxylic acids is 1. The molecule has 4 rings (SSSR count). The van der Waals surface area contributed by atoms with E-state index in [0.717, 1.165) is 60.0 Å². The Balaban J connectivity index is 1.44. The van der Waals surface area contributed by atoms with Gasteiger partial charge in [-0.05, 0) is 82.7 Å². The summed E-state index contributed by atoms with van der Waals surface area (Å²) in [6, 6.07) is 6.57. The first-order valence-electron chi connectivity index (χ1n) is 11.9. The SMILES string of the molecule is Cc1ncc(-c2ccc3ncc(N)cc3c2CCCCNC(=O)C2CCCC(C)N2C)cn1. The van der Waals surface area contributed by atoms with E-state index in [1.54, 1.807) is 6.20 Å². The van der Waals surface area contributed by atoms with Crippen molar-refractivity contribution in [1.82, 2.24) is 25.2 Å². The van der Waals surface area contributed by atoms with Crippen molar-refractivity contribution in [3.05, 3.63) is 48.2 Å². The maximum absolute atomic E-state index is 12.7. The molecular weight excluding hydrogens is 412 g/mol. The number of hydrogen-bond acceptors (Lipinski definition) is 6. The van der Waals surface area contributed by atoms with Crippen LogP contribution in [0.5, 0.6) is 0 Å². The van der Waals surface area contributed by atoms with Crippen molar-refractivity contribution < 1.29 is 4.79 Å². The van der Waals surface area contributed by atoms with Crippen LogP contribution in [-0.2, 0) is 11.2 Å². The quantitative estimate of drug-likeness (QED) is 0.535. The summed E-state index contributed by atoms with van der Waals surface area (Å²) in [5, 5.41) is 4.22. The summed E-state index contributed by atoms with van der Waals surface area (Å²) >= 11 is 0. The topological polar surface area (TPSA) is 97.0 Å². The Labute approximate surface area is 195 Å². The predicted molar refractivity (Wildman–Crippen MR) is 133 cm³/mol. The molecule has 174 valence electrons. The van der Waals surface area contributed by atoms with Crippen LogP contribution in [0.3, 0.4) is 0 Å². The number of aromatic nitrogens is 3. The maximum Gasteiger partial charge on any atom is 0.237 e. The standard InChI is InChI=1S/C26H34N6O/c1-17-7-6-9-25(32(17)3)26(33)28-12-5-4-8-22-21(19-14-29-18(2)30-15-19)10-11-24-23(22)13-20(27)16-31-24/h10-11,13-17,25H,4-9,12,27H2,1-3H3,(H,28,33). The van der Waals surface area contributed by atoms with Gasteiger partial charge in [0.05, 0.1) is 23.4 Å². The number of nitrogens with zero attached hydrogens (tertiary/aromatic N) is 4. The molecule has 1 aliphatic rings. The zero-order chi connectivity index (χ0) is 23.4. The monoisotopic (exact) mass is 446 g/mol. The number of nitrogen functional groups attached to an aromatic ring is 1. The van der Waals surface area contributed by atoms with E-state index in [2.05, 4.69) is 45.2 Å². The molecule has 2 unspecified atom stereocenters. The Kier molecular flexibility index (Phi) is 7.18. The molecule has 7 nitrogen and oxygen atoms in total. The molecule has 3 aromatic rings. The number of rotatable bonds is 7. The number of fused-ring (bicyclic) bond motifs is 1. The number of likely N-dealkylation sites (tertiary alicyclic amines) is 1. The average Bonchev–Trinajstić information content (AvgIpc) is 2.81. The van der Waals surface area contributed by atoms with Gasteiger partial charge in [-0.25, -0.2) is 9.97 Å². The molecule has 0 bridgehead atoms. The number of anilines is 1. The number of aryl methyl sites for hydroxylation is 2. The van der Waals surface area contributed by atoms with Crippen LogP contribution in [-0.4, -0.2) is 51.4 Å². The van der Waals surface area contributed by atoms with Crippen LogP contribution in [0.1, 0.15) is 50.4 Å². The van der Waals surface area contributed by atoms with Gasteiger partial charge in [0.1, 0.15) is 5.82 Å². The van der Waals surface area contributed by atoms with E-state index >= 15 is 0 Å². The summed E-state index contributed by atoms with van der Waals surface area (Å²) in [6.45, 7) is 4.77. The highest BCUT2D eigenvalue weighted by Gasteiger charge is 2.29. The van der Waals surface area contributed by atoms with Crippen LogP contribution in [0.2, 0.25) is 0 Å². The molecule has 0 aliphatic carbocycles. The minimum Gasteiger partial charge on any atom is -0.397 e. The number of likely N-dealkylation sites (N-methyl/N-ethyl adjacent to an activating group) is 1. The van der Waals surface area contributed by atoms with Gasteiger partial charge >= 0.3 is 0 Å². The molecule has 3 heterocycles. The number of benzene rings is 1. The number of pyridine rings is 1. The van der Waals surface area contributed by atoms with Gasteiger partial charge in [-0.3, -0.25) is 14.7 Å². The molecular formula is C26H34N6O. The van der Waals surface area contributed by atoms with Gasteiger partial charge in [0.2, 0.25) is 5.91 Å². The number of nitrogens with two attached hydrogens (primary N) is 1. The highest BCUT2D eigenvalue weighted by atomic mass is 16.2. The number of amides is 1. The predicted octanol–water partition coefficient (Wildman–Crippen LogP) is 3.89. The van der Waals surface area contributed by atoms with Crippen LogP contribution >= 0.6 is 0 Å². The van der Waals surface area contributed by atoms with Crippen molar-refractivity contribution in [2.24, 2.45) is 0 Å². The van der Waals surface area contributed by atoms with Crippen LogP contribution < -0.4 is 11.1 Å². The molecule has 1 saturated heterocycles. The van der Waals surface area contributed by atoms with E-state index < -0.39 is 0 Å². The first kappa shape index (κ1) is 23.1. The summed E-state index contributed by atoms with van der Waals surface area (Å²) in [4.78, 5) is 28.1. The molecule has 1 aliphatic heterocycles. The molecule has 1 fully saturated rings. The van der Waals surface area contributed by atoms with Crippen LogP contribution in [0.25, 0.3) is 22.0 Å². The molecule has 1 aromatic carbocycles. The Bertz CT molecular complexity index is 1110. The third-order valence-corrected chi connectivity index (χ3v) is 6.83. The number of piperidine rings is 1. The summed E-state index contributed by atoms with van der Waals surface area (Å²) in [6.07, 6.45) is 11.4. The first-order valence-corrected chi connectivity index (χ1v) is 11.9. The van der Waals surface area contributed by atoms with Crippen LogP contribution in [0, 0.1) is 6.92 Å². The number of nitrogens with one attached hydrogen (secondary N) is 1. The third kappa shape index (κ3) is 5.30. The van der Waals surface area contributed by atoms with Crippen molar-refractivity contribution in [1.29, 1.82) is 0 Å². The summed E-state index contributed by atoms with van der Waals surface area (Å²) < 4.78 is 0. The fourth-order valence-electron chi connectivity index (χ4n) is 4.74. The fourth-order valence-corrected chi connectivity index (χ4v) is 4.74. The molecule has 2 atom stereocenters. The first-order chi connectivity index (χ1) is 15.9. The van der Waals surface area contributed by atoms with E-state index in [4.69, 9.17) is 5.73 Å². The fraction of sp³-hybridized carbons (Fsp3) is 0.462. The van der Waals surface area contributed by atoms with Gasteiger partial charge in [-0.1, -0.05) is 6.07 Å². The van der Waals surface area contributed by atoms with Crippen LogP contribution in [0.15, 0.2) is 36.8 Å². The highest BCUT2D eigenvalue weighted by molar-refractivity contribution is 5.90. The molecule has 2 aromatic heterocycles. The van der Waals surface area contributed by atoms with Crippen LogP contribution in [0.4, 0.5) is 5.69 Å². The zero-order valence-electron chi connectivity index (χ0n) is 19.8. The Hall–Kier alpha value is -3.06. The van der Waals surface area contributed by atoms with Gasteiger partial charge < -0.3 is 11.1 Å². The van der Waals surface area contributed by atoms with Crippen molar-refractivity contribution >= 4 is 22.5 Å². The van der Waals surface area contributed by atoms with E-state index in [1.165, 1.54) is 12.0 Å². The van der Waals surface area contributed by atoms with Gasteiger partial charge in [0, 0.05) is 35.9 Å². The molecule has 0 saturated carbocycles. The molecule has 1 amide bonds. The largest absolute Gasteiger partial charge is 0.397 e. The van der Waals surface area contributed by atoms with Crippen molar-refractivity contribution in [3.63, 3.8) is 0 Å². The highest BCUT2D eigenvalue weighted by Crippen LogP contribution is 2.31. The lowest BCUT2D eigenvalue weighted by Crippen LogP contribution is -2.51. The summed E-state index contributed by atoms with van der Waals surface area (Å²) in [5.41, 5.74) is 10.9. The van der Waals surface area contributed by atoms with Crippen molar-refractivity contribution in [2.45, 2.75) is 64.5 Å².